The molecule has 230 valence electrons. The Kier molecular flexibility index (Phi) is 8.11. The highest BCUT2D eigenvalue weighted by atomic mass is 16.6. The van der Waals surface area contributed by atoms with E-state index < -0.39 is 16.7 Å². The predicted octanol–water partition coefficient (Wildman–Crippen LogP) is 6.20. The van der Waals surface area contributed by atoms with Gasteiger partial charge in [-0.3, -0.25) is 4.90 Å². The molecule has 11 nitrogen and oxygen atoms in total. The highest BCUT2D eigenvalue weighted by molar-refractivity contribution is 5.71. The number of hydrogen-bond donors (Lipinski definition) is 2. The summed E-state index contributed by atoms with van der Waals surface area (Å²) >= 11 is 0. The molecule has 2 N–H and O–H groups in total. The van der Waals surface area contributed by atoms with Gasteiger partial charge in [0.25, 0.3) is 0 Å². The van der Waals surface area contributed by atoms with E-state index in [0.29, 0.717) is 25.6 Å². The van der Waals surface area contributed by atoms with E-state index in [4.69, 9.17) is 9.47 Å². The largest absolute Gasteiger partial charge is 0.444 e. The highest BCUT2D eigenvalue weighted by Gasteiger charge is 2.45. The third-order valence-electron chi connectivity index (χ3n) is 7.70. The second-order valence-corrected chi connectivity index (χ2v) is 13.6. The Labute approximate surface area is 253 Å². The molecule has 4 heterocycles. The Morgan fingerprint density at radius 1 is 0.884 bits per heavy atom. The van der Waals surface area contributed by atoms with Crippen molar-refractivity contribution in [1.29, 1.82) is 0 Å². The molecule has 0 spiro atoms. The number of benzene rings is 1. The van der Waals surface area contributed by atoms with Crippen LogP contribution in [0.5, 0.6) is 0 Å². The quantitative estimate of drug-likeness (QED) is 0.360. The van der Waals surface area contributed by atoms with Gasteiger partial charge in [-0.05, 0) is 78.9 Å². The van der Waals surface area contributed by atoms with Crippen molar-refractivity contribution in [2.75, 3.05) is 25.0 Å². The Bertz CT molecular complexity index is 1440. The van der Waals surface area contributed by atoms with Gasteiger partial charge < -0.3 is 24.7 Å². The number of nitrogens with zero attached hydrogens (tertiary/aromatic N) is 5. The topological polar surface area (TPSA) is 126 Å². The summed E-state index contributed by atoms with van der Waals surface area (Å²) in [6, 6.07) is 8.19. The molecule has 2 aliphatic heterocycles. The van der Waals surface area contributed by atoms with Crippen LogP contribution in [0.15, 0.2) is 42.9 Å². The van der Waals surface area contributed by atoms with Crippen LogP contribution in [0.25, 0.3) is 22.4 Å². The number of hydrogen-bond acceptors (Lipinski definition) is 8. The van der Waals surface area contributed by atoms with E-state index in [1.54, 1.807) is 22.2 Å². The molecule has 2 unspecified atom stereocenters. The van der Waals surface area contributed by atoms with Crippen molar-refractivity contribution in [3.8, 4) is 22.4 Å². The Morgan fingerprint density at radius 3 is 2.16 bits per heavy atom. The Hall–Kier alpha value is -4.15. The normalized spacial score (nSPS) is 20.8. The molecule has 2 amide bonds. The summed E-state index contributed by atoms with van der Waals surface area (Å²) in [5.74, 6) is 1.28. The van der Waals surface area contributed by atoms with Gasteiger partial charge in [0.1, 0.15) is 22.6 Å². The fourth-order valence-electron chi connectivity index (χ4n) is 5.51. The smallest absolute Gasteiger partial charge is 0.411 e. The summed E-state index contributed by atoms with van der Waals surface area (Å²) in [6.07, 6.45) is 7.31. The highest BCUT2D eigenvalue weighted by Crippen LogP contribution is 2.39. The number of aromatic amines is 1. The molecule has 2 saturated heterocycles. The number of carbonyl (C=O) groups excluding carboxylic acids is 2. The minimum absolute atomic E-state index is 0.0691. The molecule has 0 bridgehead atoms. The average Bonchev–Trinajstić information content (AvgIpc) is 3.68. The molecule has 2 atom stereocenters. The number of likely N-dealkylation sites (tertiary alicyclic amines) is 2. The van der Waals surface area contributed by atoms with Gasteiger partial charge in [-0.1, -0.05) is 24.3 Å². The fraction of sp³-hybridized carbons (Fsp3) is 0.531. The number of H-pyrrole nitrogens is 1. The first kappa shape index (κ1) is 30.3. The number of ether oxygens (including phenoxy) is 2. The summed E-state index contributed by atoms with van der Waals surface area (Å²) in [7, 11) is 0. The van der Waals surface area contributed by atoms with Gasteiger partial charge in [0.05, 0.1) is 11.9 Å². The van der Waals surface area contributed by atoms with Crippen LogP contribution in [0.3, 0.4) is 0 Å². The van der Waals surface area contributed by atoms with Gasteiger partial charge in [-0.15, -0.1) is 0 Å². The van der Waals surface area contributed by atoms with E-state index in [9.17, 15) is 9.59 Å². The van der Waals surface area contributed by atoms with Gasteiger partial charge >= 0.3 is 12.2 Å². The molecule has 0 aliphatic carbocycles. The number of anilines is 1. The van der Waals surface area contributed by atoms with Gasteiger partial charge in [-0.2, -0.15) is 0 Å². The third kappa shape index (κ3) is 7.09. The monoisotopic (exact) mass is 589 g/mol. The lowest BCUT2D eigenvalue weighted by Gasteiger charge is -2.34. The predicted molar refractivity (Wildman–Crippen MR) is 164 cm³/mol. The Morgan fingerprint density at radius 2 is 1.51 bits per heavy atom. The zero-order valence-electron chi connectivity index (χ0n) is 26.2. The molecule has 2 aliphatic rings. The van der Waals surface area contributed by atoms with Crippen LogP contribution in [0.2, 0.25) is 0 Å². The molecule has 43 heavy (non-hydrogen) atoms. The molecule has 11 heteroatoms. The van der Waals surface area contributed by atoms with E-state index in [0.717, 1.165) is 47.5 Å². The Balaban J connectivity index is 1.20. The number of nitrogens with one attached hydrogen (secondary N) is 2. The molecule has 2 fully saturated rings. The summed E-state index contributed by atoms with van der Waals surface area (Å²) in [5, 5.41) is 3.33. The number of rotatable bonds is 5. The van der Waals surface area contributed by atoms with Gasteiger partial charge in [0.15, 0.2) is 0 Å². The molecular weight excluding hydrogens is 546 g/mol. The zero-order chi connectivity index (χ0) is 31.0. The lowest BCUT2D eigenvalue weighted by atomic mass is 9.98. The number of amides is 2. The van der Waals surface area contributed by atoms with Crippen LogP contribution in [-0.2, 0) is 15.0 Å². The van der Waals surface area contributed by atoms with E-state index in [2.05, 4.69) is 25.3 Å². The average molecular weight is 590 g/mol. The zero-order valence-corrected chi connectivity index (χ0v) is 26.2. The molecule has 5 rings (SSSR count). The van der Waals surface area contributed by atoms with Crippen molar-refractivity contribution in [1.82, 2.24) is 29.7 Å². The molecule has 2 aromatic heterocycles. The van der Waals surface area contributed by atoms with Crippen molar-refractivity contribution in [2.45, 2.75) is 90.5 Å². The van der Waals surface area contributed by atoms with Crippen molar-refractivity contribution in [2.24, 2.45) is 0 Å². The first-order valence-electron chi connectivity index (χ1n) is 14.9. The molecule has 3 aromatic rings. The number of aromatic nitrogens is 4. The standard InChI is InChI=1S/C32H43N7O4/c1-30(2,3)42-28(40)38-16-13-24(20-38)36-27-34-17-23(18-35-27)21-9-11-22(12-10-21)25-19-33-26(37-25)32(7)14-8-15-39(32)29(41)43-31(4,5)6/h9-12,17-19,24H,8,13-16,20H2,1-7H3,(H,33,37)(H,34,35,36). The molecule has 1 aromatic carbocycles. The lowest BCUT2D eigenvalue weighted by molar-refractivity contribution is 0.00861. The van der Waals surface area contributed by atoms with Crippen LogP contribution in [0, 0.1) is 0 Å². The van der Waals surface area contributed by atoms with Crippen molar-refractivity contribution >= 4 is 18.1 Å². The summed E-state index contributed by atoms with van der Waals surface area (Å²) in [6.45, 7) is 15.1. The van der Waals surface area contributed by atoms with Crippen molar-refractivity contribution < 1.29 is 19.1 Å². The fourth-order valence-corrected chi connectivity index (χ4v) is 5.51. The second-order valence-electron chi connectivity index (χ2n) is 13.6. The maximum atomic E-state index is 12.9. The van der Waals surface area contributed by atoms with E-state index in [-0.39, 0.29) is 18.2 Å². The third-order valence-corrected chi connectivity index (χ3v) is 7.70. The maximum Gasteiger partial charge on any atom is 0.411 e. The molecule has 0 radical (unpaired) electrons. The van der Waals surface area contributed by atoms with Gasteiger partial charge in [-0.25, -0.2) is 24.5 Å². The maximum absolute atomic E-state index is 12.9. The summed E-state index contributed by atoms with van der Waals surface area (Å²) in [5.41, 5.74) is 2.14. The van der Waals surface area contributed by atoms with Crippen molar-refractivity contribution in [3.05, 3.63) is 48.7 Å². The van der Waals surface area contributed by atoms with Crippen LogP contribution < -0.4 is 5.32 Å². The van der Waals surface area contributed by atoms with E-state index in [1.807, 2.05) is 78.9 Å². The van der Waals surface area contributed by atoms with E-state index >= 15 is 0 Å². The second kappa shape index (κ2) is 11.5. The molecular formula is C32H43N7O4. The minimum Gasteiger partial charge on any atom is -0.444 e. The first-order valence-corrected chi connectivity index (χ1v) is 14.9. The minimum atomic E-state index is -0.556. The number of imidazole rings is 1. The van der Waals surface area contributed by atoms with Crippen LogP contribution in [-0.4, -0.2) is 78.8 Å². The van der Waals surface area contributed by atoms with E-state index in [1.165, 1.54) is 0 Å². The van der Waals surface area contributed by atoms with Crippen molar-refractivity contribution in [3.63, 3.8) is 0 Å². The van der Waals surface area contributed by atoms with Crippen LogP contribution >= 0.6 is 0 Å². The first-order chi connectivity index (χ1) is 20.2. The lowest BCUT2D eigenvalue weighted by Crippen LogP contribution is -2.46. The molecule has 0 saturated carbocycles. The summed E-state index contributed by atoms with van der Waals surface area (Å²) < 4.78 is 11.1. The van der Waals surface area contributed by atoms with Gasteiger partial charge in [0, 0.05) is 43.6 Å². The SMILES string of the molecule is CC(C)(C)OC(=O)N1CCC(Nc2ncc(-c3ccc(-c4cnc(C5(C)CCCN5C(=O)OC(C)(C)C)[nH]4)cc3)cn2)C1. The number of carbonyl (C=O) groups is 2. The van der Waals surface area contributed by atoms with Gasteiger partial charge in [0.2, 0.25) is 5.95 Å². The van der Waals surface area contributed by atoms with Crippen LogP contribution in [0.1, 0.15) is 73.6 Å². The summed E-state index contributed by atoms with van der Waals surface area (Å²) in [4.78, 5) is 45.9. The van der Waals surface area contributed by atoms with Crippen LogP contribution in [0.4, 0.5) is 15.5 Å².